The molecule has 3 rings (SSSR count). The molecule has 1 fully saturated rings. The van der Waals surface area contributed by atoms with Crippen molar-refractivity contribution in [2.45, 2.75) is 25.8 Å². The third-order valence-electron chi connectivity index (χ3n) is 4.41. The van der Waals surface area contributed by atoms with Crippen LogP contribution in [0.25, 0.3) is 0 Å². The molecule has 0 radical (unpaired) electrons. The van der Waals surface area contributed by atoms with E-state index in [9.17, 15) is 9.18 Å². The maximum atomic E-state index is 13.0. The number of anilines is 1. The van der Waals surface area contributed by atoms with Gasteiger partial charge >= 0.3 is 0 Å². The molecule has 0 aliphatic carbocycles. The average molecular weight is 362 g/mol. The molecule has 6 heteroatoms. The fraction of sp³-hybridized carbons (Fsp3) is 0.368. The Hall–Kier alpha value is -2.14. The molecule has 25 heavy (non-hydrogen) atoms. The highest BCUT2D eigenvalue weighted by Crippen LogP contribution is 2.25. The Kier molecular flexibility index (Phi) is 5.53. The summed E-state index contributed by atoms with van der Waals surface area (Å²) in [6.07, 6.45) is 4.85. The highest BCUT2D eigenvalue weighted by molar-refractivity contribution is 6.33. The van der Waals surface area contributed by atoms with Crippen LogP contribution in [0.1, 0.15) is 35.2 Å². The van der Waals surface area contributed by atoms with Gasteiger partial charge in [0.05, 0.1) is 10.6 Å². The first kappa shape index (κ1) is 17.7. The van der Waals surface area contributed by atoms with Crippen molar-refractivity contribution in [2.24, 2.45) is 0 Å². The van der Waals surface area contributed by atoms with Gasteiger partial charge in [-0.3, -0.25) is 4.79 Å². The van der Waals surface area contributed by atoms with Crippen LogP contribution in [-0.4, -0.2) is 35.9 Å². The van der Waals surface area contributed by atoms with Gasteiger partial charge in [-0.25, -0.2) is 9.37 Å². The Morgan fingerprint density at radius 3 is 2.56 bits per heavy atom. The molecule has 1 saturated heterocycles. The van der Waals surface area contributed by atoms with E-state index in [1.165, 1.54) is 18.6 Å². The standard InChI is InChI=1S/C19H21ClFN3O/c1-23(13-14-5-7-16(21)8-6-14)18-17(20)11-15(12-22-18)19(25)24-9-3-2-4-10-24/h5-8,11-12H,2-4,9-10,13H2,1H3. The van der Waals surface area contributed by atoms with Crippen molar-refractivity contribution in [3.8, 4) is 0 Å². The summed E-state index contributed by atoms with van der Waals surface area (Å²) < 4.78 is 13.0. The third kappa shape index (κ3) is 4.28. The number of aromatic nitrogens is 1. The molecule has 132 valence electrons. The smallest absolute Gasteiger partial charge is 0.255 e. The maximum absolute atomic E-state index is 13.0. The van der Waals surface area contributed by atoms with Crippen molar-refractivity contribution in [1.29, 1.82) is 0 Å². The SMILES string of the molecule is CN(Cc1ccc(F)cc1)c1ncc(C(=O)N2CCCCC2)cc1Cl. The van der Waals surface area contributed by atoms with Crippen molar-refractivity contribution < 1.29 is 9.18 Å². The first-order valence-electron chi connectivity index (χ1n) is 8.45. The van der Waals surface area contributed by atoms with E-state index in [-0.39, 0.29) is 11.7 Å². The topological polar surface area (TPSA) is 36.4 Å². The lowest BCUT2D eigenvalue weighted by Crippen LogP contribution is -2.35. The summed E-state index contributed by atoms with van der Waals surface area (Å²) in [7, 11) is 1.86. The Morgan fingerprint density at radius 2 is 1.92 bits per heavy atom. The first-order chi connectivity index (χ1) is 12.0. The van der Waals surface area contributed by atoms with Gasteiger partial charge in [0.1, 0.15) is 11.6 Å². The number of carbonyl (C=O) groups is 1. The second-order valence-corrected chi connectivity index (χ2v) is 6.77. The number of carbonyl (C=O) groups excluding carboxylic acids is 1. The van der Waals surface area contributed by atoms with Gasteiger partial charge in [-0.15, -0.1) is 0 Å². The molecule has 1 aromatic carbocycles. The van der Waals surface area contributed by atoms with E-state index >= 15 is 0 Å². The molecule has 0 atom stereocenters. The molecule has 1 aromatic heterocycles. The largest absolute Gasteiger partial charge is 0.354 e. The molecule has 4 nitrogen and oxygen atoms in total. The highest BCUT2D eigenvalue weighted by atomic mass is 35.5. The van der Waals surface area contributed by atoms with E-state index in [0.29, 0.717) is 22.9 Å². The van der Waals surface area contributed by atoms with E-state index in [4.69, 9.17) is 11.6 Å². The summed E-state index contributed by atoms with van der Waals surface area (Å²) in [5.41, 5.74) is 1.47. The van der Waals surface area contributed by atoms with Crippen LogP contribution in [0.15, 0.2) is 36.5 Å². The van der Waals surface area contributed by atoms with E-state index in [1.54, 1.807) is 24.4 Å². The summed E-state index contributed by atoms with van der Waals surface area (Å²) in [5.74, 6) is 0.325. The molecular formula is C19H21ClFN3O. The second-order valence-electron chi connectivity index (χ2n) is 6.36. The molecule has 2 aromatic rings. The van der Waals surface area contributed by atoms with Gasteiger partial charge in [0.25, 0.3) is 5.91 Å². The van der Waals surface area contributed by atoms with E-state index in [1.807, 2.05) is 16.8 Å². The van der Waals surface area contributed by atoms with Crippen LogP contribution in [0.3, 0.4) is 0 Å². The van der Waals surface area contributed by atoms with Crippen LogP contribution in [0.4, 0.5) is 10.2 Å². The minimum Gasteiger partial charge on any atom is -0.354 e. The van der Waals surface area contributed by atoms with E-state index in [2.05, 4.69) is 4.98 Å². The lowest BCUT2D eigenvalue weighted by Gasteiger charge is -2.27. The maximum Gasteiger partial charge on any atom is 0.255 e. The number of hydrogen-bond acceptors (Lipinski definition) is 3. The Bertz CT molecular complexity index is 745. The summed E-state index contributed by atoms with van der Waals surface area (Å²) in [4.78, 5) is 20.7. The monoisotopic (exact) mass is 361 g/mol. The number of piperidine rings is 1. The van der Waals surface area contributed by atoms with Crippen molar-refractivity contribution in [1.82, 2.24) is 9.88 Å². The number of amides is 1. The van der Waals surface area contributed by atoms with Gasteiger partial charge < -0.3 is 9.80 Å². The van der Waals surface area contributed by atoms with Crippen molar-refractivity contribution >= 4 is 23.3 Å². The molecule has 2 heterocycles. The van der Waals surface area contributed by atoms with Crippen molar-refractivity contribution in [3.63, 3.8) is 0 Å². The molecule has 0 spiro atoms. The van der Waals surface area contributed by atoms with E-state index < -0.39 is 0 Å². The quantitative estimate of drug-likeness (QED) is 0.821. The predicted octanol–water partition coefficient (Wildman–Crippen LogP) is 4.14. The van der Waals surface area contributed by atoms with Crippen LogP contribution in [0.5, 0.6) is 0 Å². The Labute approximate surface area is 152 Å². The van der Waals surface area contributed by atoms with Gasteiger partial charge in [0.15, 0.2) is 0 Å². The average Bonchev–Trinajstić information content (AvgIpc) is 2.63. The predicted molar refractivity (Wildman–Crippen MR) is 97.5 cm³/mol. The normalized spacial score (nSPS) is 14.4. The summed E-state index contributed by atoms with van der Waals surface area (Å²) >= 11 is 6.36. The molecule has 0 bridgehead atoms. The number of benzene rings is 1. The zero-order chi connectivity index (χ0) is 17.8. The van der Waals surface area contributed by atoms with Gasteiger partial charge in [0, 0.05) is 32.9 Å². The molecule has 0 N–H and O–H groups in total. The van der Waals surface area contributed by atoms with Gasteiger partial charge in [0.2, 0.25) is 0 Å². The Morgan fingerprint density at radius 1 is 1.24 bits per heavy atom. The summed E-state index contributed by atoms with van der Waals surface area (Å²) in [6, 6.07) is 8.00. The van der Waals surface area contributed by atoms with Crippen LogP contribution in [0, 0.1) is 5.82 Å². The van der Waals surface area contributed by atoms with Gasteiger partial charge in [-0.1, -0.05) is 23.7 Å². The molecule has 0 unspecified atom stereocenters. The highest BCUT2D eigenvalue weighted by Gasteiger charge is 2.20. The summed E-state index contributed by atoms with van der Waals surface area (Å²) in [6.45, 7) is 2.14. The van der Waals surface area contributed by atoms with Crippen LogP contribution >= 0.6 is 11.6 Å². The van der Waals surface area contributed by atoms with E-state index in [0.717, 1.165) is 31.5 Å². The van der Waals surface area contributed by atoms with Crippen molar-refractivity contribution in [2.75, 3.05) is 25.0 Å². The molecule has 1 aliphatic rings. The zero-order valence-corrected chi connectivity index (χ0v) is 15.0. The number of likely N-dealkylation sites (tertiary alicyclic amines) is 1. The number of rotatable bonds is 4. The third-order valence-corrected chi connectivity index (χ3v) is 4.68. The molecule has 0 saturated carbocycles. The zero-order valence-electron chi connectivity index (χ0n) is 14.2. The van der Waals surface area contributed by atoms with Crippen molar-refractivity contribution in [3.05, 3.63) is 58.5 Å². The fourth-order valence-corrected chi connectivity index (χ4v) is 3.36. The second kappa shape index (κ2) is 7.83. The first-order valence-corrected chi connectivity index (χ1v) is 8.83. The van der Waals surface area contributed by atoms with Crippen LogP contribution in [-0.2, 0) is 6.54 Å². The summed E-state index contributed by atoms with van der Waals surface area (Å²) in [5, 5.41) is 0.437. The van der Waals surface area contributed by atoms with Gasteiger partial charge in [-0.05, 0) is 43.0 Å². The number of halogens is 2. The number of hydrogen-bond donors (Lipinski definition) is 0. The lowest BCUT2D eigenvalue weighted by molar-refractivity contribution is 0.0724. The fourth-order valence-electron chi connectivity index (χ4n) is 3.05. The molecule has 1 aliphatic heterocycles. The van der Waals surface area contributed by atoms with Gasteiger partial charge in [-0.2, -0.15) is 0 Å². The molecular weight excluding hydrogens is 341 g/mol. The number of nitrogens with zero attached hydrogens (tertiary/aromatic N) is 3. The number of pyridine rings is 1. The molecule has 1 amide bonds. The minimum absolute atomic E-state index is 0.0122. The minimum atomic E-state index is -0.261. The lowest BCUT2D eigenvalue weighted by atomic mass is 10.1. The Balaban J connectivity index is 1.72. The van der Waals surface area contributed by atoms with Crippen LogP contribution in [0.2, 0.25) is 5.02 Å². The van der Waals surface area contributed by atoms with Crippen LogP contribution < -0.4 is 4.90 Å².